The topological polar surface area (TPSA) is 12.0 Å². The molecule has 17 heavy (non-hydrogen) atoms. The van der Waals surface area contributed by atoms with Crippen LogP contribution in [0.5, 0.6) is 0 Å². The van der Waals surface area contributed by atoms with Crippen LogP contribution in [0.4, 0.5) is 0 Å². The van der Waals surface area contributed by atoms with Gasteiger partial charge in [0.05, 0.1) is 0 Å². The molecule has 0 aliphatic carbocycles. The molecule has 1 nitrogen and oxygen atoms in total. The van der Waals surface area contributed by atoms with E-state index in [0.717, 1.165) is 12.5 Å². The number of nitrogens with one attached hydrogen (secondary N) is 1. The second-order valence-electron chi connectivity index (χ2n) is 4.67. The molecule has 1 aromatic rings. The summed E-state index contributed by atoms with van der Waals surface area (Å²) in [4.78, 5) is 0. The molecular formula is C14H20BrNS. The summed E-state index contributed by atoms with van der Waals surface area (Å²) in [7, 11) is 2.06. The summed E-state index contributed by atoms with van der Waals surface area (Å²) >= 11 is 5.61. The third-order valence-electron chi connectivity index (χ3n) is 3.56. The van der Waals surface area contributed by atoms with Crippen molar-refractivity contribution in [1.82, 2.24) is 5.32 Å². The molecule has 1 saturated heterocycles. The van der Waals surface area contributed by atoms with Crippen molar-refractivity contribution in [3.8, 4) is 0 Å². The van der Waals surface area contributed by atoms with Gasteiger partial charge in [-0.3, -0.25) is 0 Å². The number of hydrogen-bond donors (Lipinski definition) is 1. The fourth-order valence-electron chi connectivity index (χ4n) is 2.60. The van der Waals surface area contributed by atoms with Crippen LogP contribution in [0.25, 0.3) is 0 Å². The highest BCUT2D eigenvalue weighted by Gasteiger charge is 2.24. The van der Waals surface area contributed by atoms with Crippen LogP contribution in [0.3, 0.4) is 0 Å². The SMILES string of the molecule is CNCC(c1ccc(Br)cc1)C1CCSCC1. The highest BCUT2D eigenvalue weighted by Crippen LogP contribution is 2.35. The van der Waals surface area contributed by atoms with Gasteiger partial charge in [-0.15, -0.1) is 0 Å². The average Bonchev–Trinajstić information content (AvgIpc) is 2.38. The monoisotopic (exact) mass is 313 g/mol. The van der Waals surface area contributed by atoms with Crippen LogP contribution < -0.4 is 5.32 Å². The second-order valence-corrected chi connectivity index (χ2v) is 6.81. The highest BCUT2D eigenvalue weighted by molar-refractivity contribution is 9.10. The molecular weight excluding hydrogens is 294 g/mol. The van der Waals surface area contributed by atoms with Gasteiger partial charge in [-0.05, 0) is 60.9 Å². The quantitative estimate of drug-likeness (QED) is 0.905. The summed E-state index contributed by atoms with van der Waals surface area (Å²) in [6.45, 7) is 1.09. The summed E-state index contributed by atoms with van der Waals surface area (Å²) in [5.74, 6) is 4.20. The van der Waals surface area contributed by atoms with Crippen molar-refractivity contribution < 1.29 is 0 Å². The van der Waals surface area contributed by atoms with E-state index in [1.165, 1.54) is 34.4 Å². The van der Waals surface area contributed by atoms with Gasteiger partial charge in [0.2, 0.25) is 0 Å². The van der Waals surface area contributed by atoms with Crippen LogP contribution in [0.1, 0.15) is 24.3 Å². The Kier molecular flexibility index (Phi) is 5.39. The van der Waals surface area contributed by atoms with E-state index in [1.807, 2.05) is 0 Å². The van der Waals surface area contributed by atoms with Crippen LogP contribution in [0, 0.1) is 5.92 Å². The maximum absolute atomic E-state index is 3.51. The summed E-state index contributed by atoms with van der Waals surface area (Å²) in [5.41, 5.74) is 1.49. The van der Waals surface area contributed by atoms with Crippen molar-refractivity contribution in [2.45, 2.75) is 18.8 Å². The first-order valence-corrected chi connectivity index (χ1v) is 8.24. The molecule has 0 bridgehead atoms. The Bertz CT molecular complexity index is 333. The Morgan fingerprint density at radius 1 is 1.29 bits per heavy atom. The molecule has 1 unspecified atom stereocenters. The standard InChI is InChI=1S/C14H20BrNS/c1-16-10-14(12-6-8-17-9-7-12)11-2-4-13(15)5-3-11/h2-5,12,14,16H,6-10H2,1H3. The van der Waals surface area contributed by atoms with Crippen LogP contribution in [0.2, 0.25) is 0 Å². The zero-order valence-corrected chi connectivity index (χ0v) is 12.7. The number of benzene rings is 1. The molecule has 1 atom stereocenters. The second kappa shape index (κ2) is 6.81. The fraction of sp³-hybridized carbons (Fsp3) is 0.571. The molecule has 1 aliphatic rings. The highest BCUT2D eigenvalue weighted by atomic mass is 79.9. The lowest BCUT2D eigenvalue weighted by molar-refractivity contribution is 0.386. The first kappa shape index (κ1) is 13.4. The van der Waals surface area contributed by atoms with E-state index < -0.39 is 0 Å². The van der Waals surface area contributed by atoms with Crippen molar-refractivity contribution in [3.05, 3.63) is 34.3 Å². The van der Waals surface area contributed by atoms with Crippen molar-refractivity contribution in [3.63, 3.8) is 0 Å². The van der Waals surface area contributed by atoms with Gasteiger partial charge in [-0.1, -0.05) is 28.1 Å². The Balaban J connectivity index is 2.12. The minimum Gasteiger partial charge on any atom is -0.319 e. The molecule has 1 fully saturated rings. The maximum Gasteiger partial charge on any atom is 0.0175 e. The van der Waals surface area contributed by atoms with E-state index in [4.69, 9.17) is 0 Å². The molecule has 0 radical (unpaired) electrons. The van der Waals surface area contributed by atoms with E-state index in [0.29, 0.717) is 5.92 Å². The Morgan fingerprint density at radius 3 is 2.53 bits per heavy atom. The van der Waals surface area contributed by atoms with Crippen molar-refractivity contribution in [2.24, 2.45) is 5.92 Å². The Labute approximate surface area is 117 Å². The van der Waals surface area contributed by atoms with Gasteiger partial charge in [-0.25, -0.2) is 0 Å². The molecule has 3 heteroatoms. The fourth-order valence-corrected chi connectivity index (χ4v) is 4.01. The minimum absolute atomic E-state index is 0.675. The summed E-state index contributed by atoms with van der Waals surface area (Å²) in [6, 6.07) is 8.87. The molecule has 0 saturated carbocycles. The molecule has 1 N–H and O–H groups in total. The number of halogens is 1. The zero-order chi connectivity index (χ0) is 12.1. The lowest BCUT2D eigenvalue weighted by atomic mass is 9.82. The number of likely N-dealkylation sites (N-methyl/N-ethyl adjacent to an activating group) is 1. The largest absolute Gasteiger partial charge is 0.319 e. The molecule has 2 rings (SSSR count). The van der Waals surface area contributed by atoms with E-state index >= 15 is 0 Å². The number of hydrogen-bond acceptors (Lipinski definition) is 2. The average molecular weight is 314 g/mol. The predicted octanol–water partition coefficient (Wildman–Crippen LogP) is 3.90. The third kappa shape index (κ3) is 3.73. The van der Waals surface area contributed by atoms with Crippen LogP contribution in [-0.2, 0) is 0 Å². The first-order valence-electron chi connectivity index (χ1n) is 6.29. The van der Waals surface area contributed by atoms with Gasteiger partial charge < -0.3 is 5.32 Å². The van der Waals surface area contributed by atoms with Gasteiger partial charge >= 0.3 is 0 Å². The van der Waals surface area contributed by atoms with E-state index in [2.05, 4.69) is 64.3 Å². The molecule has 1 aromatic carbocycles. The van der Waals surface area contributed by atoms with Gasteiger partial charge in [-0.2, -0.15) is 11.8 Å². The van der Waals surface area contributed by atoms with Crippen LogP contribution in [-0.4, -0.2) is 25.1 Å². The van der Waals surface area contributed by atoms with Crippen molar-refractivity contribution >= 4 is 27.7 Å². The first-order chi connectivity index (χ1) is 8.31. The van der Waals surface area contributed by atoms with Crippen LogP contribution in [0.15, 0.2) is 28.7 Å². The van der Waals surface area contributed by atoms with E-state index in [-0.39, 0.29) is 0 Å². The smallest absolute Gasteiger partial charge is 0.0175 e. The molecule has 94 valence electrons. The predicted molar refractivity (Wildman–Crippen MR) is 80.9 cm³/mol. The van der Waals surface area contributed by atoms with Crippen LogP contribution >= 0.6 is 27.7 Å². The van der Waals surface area contributed by atoms with Crippen molar-refractivity contribution in [1.29, 1.82) is 0 Å². The summed E-state index contributed by atoms with van der Waals surface area (Å²) < 4.78 is 1.17. The molecule has 1 heterocycles. The number of thioether (sulfide) groups is 1. The zero-order valence-electron chi connectivity index (χ0n) is 10.3. The molecule has 0 amide bonds. The lowest BCUT2D eigenvalue weighted by Crippen LogP contribution is -2.26. The summed E-state index contributed by atoms with van der Waals surface area (Å²) in [6.07, 6.45) is 2.74. The van der Waals surface area contributed by atoms with Gasteiger partial charge in [0, 0.05) is 11.0 Å². The lowest BCUT2D eigenvalue weighted by Gasteiger charge is -2.30. The minimum atomic E-state index is 0.675. The van der Waals surface area contributed by atoms with Crippen molar-refractivity contribution in [2.75, 3.05) is 25.1 Å². The third-order valence-corrected chi connectivity index (χ3v) is 5.13. The van der Waals surface area contributed by atoms with E-state index in [9.17, 15) is 0 Å². The van der Waals surface area contributed by atoms with Gasteiger partial charge in [0.15, 0.2) is 0 Å². The van der Waals surface area contributed by atoms with E-state index in [1.54, 1.807) is 0 Å². The Hall–Kier alpha value is 0.01000. The normalized spacial score (nSPS) is 19.2. The number of rotatable bonds is 4. The molecule has 0 aromatic heterocycles. The molecule has 1 aliphatic heterocycles. The maximum atomic E-state index is 3.51. The molecule has 0 spiro atoms. The Morgan fingerprint density at radius 2 is 1.94 bits per heavy atom. The van der Waals surface area contributed by atoms with Gasteiger partial charge in [0.25, 0.3) is 0 Å². The summed E-state index contributed by atoms with van der Waals surface area (Å²) in [5, 5.41) is 3.36. The van der Waals surface area contributed by atoms with Gasteiger partial charge in [0.1, 0.15) is 0 Å².